The third-order valence-corrected chi connectivity index (χ3v) is 5.23. The van der Waals surface area contributed by atoms with Crippen LogP contribution >= 0.6 is 11.6 Å². The maximum absolute atomic E-state index is 13.4. The summed E-state index contributed by atoms with van der Waals surface area (Å²) in [6.07, 6.45) is 0.224. The zero-order chi connectivity index (χ0) is 22.0. The number of hydrogen-bond acceptors (Lipinski definition) is 6. The summed E-state index contributed by atoms with van der Waals surface area (Å²) in [5.74, 6) is 1.11. The molecule has 1 aromatic heterocycles. The van der Waals surface area contributed by atoms with Crippen molar-refractivity contribution in [2.45, 2.75) is 26.2 Å². The van der Waals surface area contributed by atoms with Gasteiger partial charge in [0.15, 0.2) is 17.3 Å². The van der Waals surface area contributed by atoms with Gasteiger partial charge in [-0.15, -0.1) is 0 Å². The number of halogens is 2. The van der Waals surface area contributed by atoms with Crippen LogP contribution in [0.25, 0.3) is 11.5 Å². The van der Waals surface area contributed by atoms with Gasteiger partial charge < -0.3 is 18.9 Å². The van der Waals surface area contributed by atoms with E-state index in [0.717, 1.165) is 0 Å². The van der Waals surface area contributed by atoms with Gasteiger partial charge in [-0.2, -0.15) is 4.98 Å². The van der Waals surface area contributed by atoms with E-state index >= 15 is 0 Å². The van der Waals surface area contributed by atoms with Crippen molar-refractivity contribution in [1.82, 2.24) is 10.1 Å². The highest BCUT2D eigenvalue weighted by molar-refractivity contribution is 6.31. The zero-order valence-electron chi connectivity index (χ0n) is 17.1. The molecule has 0 aliphatic carbocycles. The summed E-state index contributed by atoms with van der Waals surface area (Å²) >= 11 is 5.86. The van der Waals surface area contributed by atoms with Gasteiger partial charge in [0, 0.05) is 30.1 Å². The largest absolute Gasteiger partial charge is 0.490 e. The molecule has 0 N–H and O–H groups in total. The van der Waals surface area contributed by atoms with Crippen LogP contribution in [0.1, 0.15) is 32.0 Å². The van der Waals surface area contributed by atoms with E-state index in [1.807, 2.05) is 19.9 Å². The molecular weight excluding hydrogens is 425 g/mol. The number of carbonyl (C=O) groups excluding carboxylic acids is 1. The molecule has 31 heavy (non-hydrogen) atoms. The summed E-state index contributed by atoms with van der Waals surface area (Å²) in [6.45, 7) is 5.17. The second-order valence-corrected chi connectivity index (χ2v) is 7.40. The molecule has 0 radical (unpaired) electrons. The first-order valence-corrected chi connectivity index (χ1v) is 10.4. The fraction of sp³-hybridized carbons (Fsp3) is 0.318. The van der Waals surface area contributed by atoms with Crippen LogP contribution in [-0.4, -0.2) is 35.8 Å². The van der Waals surface area contributed by atoms with E-state index in [4.69, 9.17) is 25.6 Å². The maximum Gasteiger partial charge on any atom is 0.258 e. The Morgan fingerprint density at radius 1 is 1.16 bits per heavy atom. The predicted octanol–water partition coefficient (Wildman–Crippen LogP) is 4.85. The quantitative estimate of drug-likeness (QED) is 0.517. The van der Waals surface area contributed by atoms with E-state index in [1.165, 1.54) is 18.2 Å². The number of anilines is 1. The fourth-order valence-electron chi connectivity index (χ4n) is 3.49. The van der Waals surface area contributed by atoms with Crippen LogP contribution in [-0.2, 0) is 4.79 Å². The molecule has 7 nitrogen and oxygen atoms in total. The Morgan fingerprint density at radius 2 is 1.94 bits per heavy atom. The Labute approximate surface area is 183 Å². The van der Waals surface area contributed by atoms with E-state index in [1.54, 1.807) is 17.0 Å². The third-order valence-electron chi connectivity index (χ3n) is 4.94. The molecule has 2 aromatic carbocycles. The Kier molecular flexibility index (Phi) is 6.08. The standard InChI is InChI=1S/C22H21ClFN3O4/c1-3-29-18-8-5-13(9-19(18)30-4-2)22-25-21(26-31-22)14-10-20(28)27(12-14)15-6-7-17(24)16(23)11-15/h5-9,11,14H,3-4,10,12H2,1-2H3/t14-/m0/s1. The number of aromatic nitrogens is 2. The normalized spacial score (nSPS) is 16.1. The second kappa shape index (κ2) is 8.93. The zero-order valence-corrected chi connectivity index (χ0v) is 17.9. The molecule has 1 atom stereocenters. The van der Waals surface area contributed by atoms with Crippen molar-refractivity contribution in [2.24, 2.45) is 0 Å². The average Bonchev–Trinajstić information content (AvgIpc) is 3.39. The van der Waals surface area contributed by atoms with Crippen molar-refractivity contribution < 1.29 is 23.2 Å². The first-order chi connectivity index (χ1) is 15.0. The fourth-order valence-corrected chi connectivity index (χ4v) is 3.66. The van der Waals surface area contributed by atoms with Gasteiger partial charge in [0.05, 0.1) is 18.2 Å². The van der Waals surface area contributed by atoms with Gasteiger partial charge in [0.1, 0.15) is 5.82 Å². The molecule has 3 aromatic rings. The van der Waals surface area contributed by atoms with Crippen LogP contribution in [0.2, 0.25) is 5.02 Å². The molecular formula is C22H21ClFN3O4. The highest BCUT2D eigenvalue weighted by atomic mass is 35.5. The lowest BCUT2D eigenvalue weighted by molar-refractivity contribution is -0.117. The number of nitrogens with zero attached hydrogens (tertiary/aromatic N) is 3. The third kappa shape index (κ3) is 4.34. The molecule has 9 heteroatoms. The Bertz CT molecular complexity index is 1100. The van der Waals surface area contributed by atoms with E-state index < -0.39 is 5.82 Å². The lowest BCUT2D eigenvalue weighted by Crippen LogP contribution is -2.24. The van der Waals surface area contributed by atoms with Crippen LogP contribution in [0.15, 0.2) is 40.9 Å². The first kappa shape index (κ1) is 21.1. The van der Waals surface area contributed by atoms with Gasteiger partial charge in [0.2, 0.25) is 5.91 Å². The molecule has 162 valence electrons. The minimum Gasteiger partial charge on any atom is -0.490 e. The van der Waals surface area contributed by atoms with E-state index in [2.05, 4.69) is 10.1 Å². The minimum absolute atomic E-state index is 0.0313. The summed E-state index contributed by atoms with van der Waals surface area (Å²) in [5, 5.41) is 4.05. The molecule has 1 aliphatic heterocycles. The molecule has 0 spiro atoms. The Balaban J connectivity index is 1.54. The number of ether oxygens (including phenoxy) is 2. The van der Waals surface area contributed by atoms with Crippen molar-refractivity contribution in [3.8, 4) is 23.0 Å². The molecule has 1 saturated heterocycles. The van der Waals surface area contributed by atoms with Gasteiger partial charge >= 0.3 is 0 Å². The van der Waals surface area contributed by atoms with Crippen molar-refractivity contribution in [3.63, 3.8) is 0 Å². The van der Waals surface area contributed by atoms with Gasteiger partial charge in [-0.05, 0) is 50.2 Å². The monoisotopic (exact) mass is 445 g/mol. The van der Waals surface area contributed by atoms with Gasteiger partial charge in [-0.1, -0.05) is 16.8 Å². The number of carbonyl (C=O) groups is 1. The van der Waals surface area contributed by atoms with Crippen molar-refractivity contribution in [3.05, 3.63) is 53.1 Å². The van der Waals surface area contributed by atoms with Crippen molar-refractivity contribution in [2.75, 3.05) is 24.7 Å². The minimum atomic E-state index is -0.529. The highest BCUT2D eigenvalue weighted by Gasteiger charge is 2.35. The van der Waals surface area contributed by atoms with Crippen LogP contribution in [0.5, 0.6) is 11.5 Å². The first-order valence-electron chi connectivity index (χ1n) is 9.99. The molecule has 1 aliphatic rings. The molecule has 0 saturated carbocycles. The van der Waals surface area contributed by atoms with Crippen LogP contribution < -0.4 is 14.4 Å². The molecule has 0 bridgehead atoms. The number of benzene rings is 2. The molecule has 2 heterocycles. The molecule has 1 fully saturated rings. The van der Waals surface area contributed by atoms with E-state index in [0.29, 0.717) is 54.2 Å². The lowest BCUT2D eigenvalue weighted by atomic mass is 10.1. The van der Waals surface area contributed by atoms with Gasteiger partial charge in [-0.3, -0.25) is 4.79 Å². The molecule has 4 rings (SSSR count). The summed E-state index contributed by atoms with van der Waals surface area (Å²) in [6, 6.07) is 9.61. The average molecular weight is 446 g/mol. The number of hydrogen-bond donors (Lipinski definition) is 0. The maximum atomic E-state index is 13.4. The number of amides is 1. The Hall–Kier alpha value is -3.13. The Morgan fingerprint density at radius 3 is 2.68 bits per heavy atom. The smallest absolute Gasteiger partial charge is 0.258 e. The van der Waals surface area contributed by atoms with Gasteiger partial charge in [-0.25, -0.2) is 4.39 Å². The van der Waals surface area contributed by atoms with Crippen LogP contribution in [0.3, 0.4) is 0 Å². The van der Waals surface area contributed by atoms with Crippen molar-refractivity contribution in [1.29, 1.82) is 0 Å². The molecule has 0 unspecified atom stereocenters. The topological polar surface area (TPSA) is 77.7 Å². The highest BCUT2D eigenvalue weighted by Crippen LogP contribution is 2.35. The van der Waals surface area contributed by atoms with Crippen LogP contribution in [0.4, 0.5) is 10.1 Å². The predicted molar refractivity (Wildman–Crippen MR) is 113 cm³/mol. The summed E-state index contributed by atoms with van der Waals surface area (Å²) in [5.41, 5.74) is 1.23. The van der Waals surface area contributed by atoms with E-state index in [9.17, 15) is 9.18 Å². The van der Waals surface area contributed by atoms with Gasteiger partial charge in [0.25, 0.3) is 5.89 Å². The SMILES string of the molecule is CCOc1ccc(-c2nc([C@H]3CC(=O)N(c4ccc(F)c(Cl)c4)C3)no2)cc1OCC. The van der Waals surface area contributed by atoms with E-state index in [-0.39, 0.29) is 23.3 Å². The summed E-state index contributed by atoms with van der Waals surface area (Å²) in [7, 11) is 0. The van der Waals surface area contributed by atoms with Crippen LogP contribution in [0, 0.1) is 5.82 Å². The van der Waals surface area contributed by atoms with Crippen molar-refractivity contribution >= 4 is 23.2 Å². The summed E-state index contributed by atoms with van der Waals surface area (Å²) in [4.78, 5) is 18.6. The summed E-state index contributed by atoms with van der Waals surface area (Å²) < 4.78 is 30.1. The lowest BCUT2D eigenvalue weighted by Gasteiger charge is -2.16. The molecule has 1 amide bonds. The number of rotatable bonds is 7. The second-order valence-electron chi connectivity index (χ2n) is 6.99.